The van der Waals surface area contributed by atoms with E-state index >= 15 is 0 Å². The van der Waals surface area contributed by atoms with Crippen molar-refractivity contribution in [2.75, 3.05) is 19.6 Å². The molecule has 2 rings (SSSR count). The molecule has 0 spiro atoms. The molecule has 1 fully saturated rings. The summed E-state index contributed by atoms with van der Waals surface area (Å²) in [5, 5.41) is 3.53. The first kappa shape index (κ1) is 12.6. The Morgan fingerprint density at radius 2 is 2.00 bits per heavy atom. The number of hydrogen-bond donors (Lipinski definition) is 1. The van der Waals surface area contributed by atoms with Crippen molar-refractivity contribution in [1.82, 2.24) is 10.2 Å². The second-order valence-electron chi connectivity index (χ2n) is 5.11. The van der Waals surface area contributed by atoms with Gasteiger partial charge in [-0.15, -0.1) is 0 Å². The Morgan fingerprint density at radius 3 is 2.76 bits per heavy atom. The molecule has 1 aliphatic rings. The fraction of sp³-hybridized carbons (Fsp3) is 0.600. The van der Waals surface area contributed by atoms with Crippen molar-refractivity contribution < 1.29 is 0 Å². The Bertz CT molecular complexity index is 323. The highest BCUT2D eigenvalue weighted by atomic mass is 15.2. The summed E-state index contributed by atoms with van der Waals surface area (Å²) in [6.45, 7) is 8.17. The summed E-state index contributed by atoms with van der Waals surface area (Å²) in [5.41, 5.74) is 1.46. The molecule has 94 valence electrons. The number of rotatable bonds is 4. The van der Waals surface area contributed by atoms with Gasteiger partial charge in [-0.1, -0.05) is 30.3 Å². The molecule has 0 unspecified atom stereocenters. The van der Waals surface area contributed by atoms with Gasteiger partial charge in [0.2, 0.25) is 0 Å². The lowest BCUT2D eigenvalue weighted by molar-refractivity contribution is 0.137. The number of piperazine rings is 1. The monoisotopic (exact) mass is 232 g/mol. The van der Waals surface area contributed by atoms with Gasteiger partial charge in [0.25, 0.3) is 0 Å². The van der Waals surface area contributed by atoms with E-state index in [1.165, 1.54) is 31.5 Å². The van der Waals surface area contributed by atoms with E-state index in [0.717, 1.165) is 6.54 Å². The molecule has 1 heterocycles. The minimum atomic E-state index is 0.625. The third kappa shape index (κ3) is 3.55. The van der Waals surface area contributed by atoms with Crippen LogP contribution in [0.2, 0.25) is 0 Å². The molecule has 1 saturated heterocycles. The number of nitrogens with one attached hydrogen (secondary N) is 1. The Kier molecular flexibility index (Phi) is 4.57. The standard InChI is InChI=1S/C15H24N2/c1-13-14(2)17(12-10-16-13)11-6-9-15-7-4-3-5-8-15/h3-5,7-8,13-14,16H,6,9-12H2,1-2H3/t13-,14-/m0/s1. The predicted octanol–water partition coefficient (Wildman–Crippen LogP) is 2.30. The zero-order valence-corrected chi connectivity index (χ0v) is 11.0. The smallest absolute Gasteiger partial charge is 0.0218 e. The highest BCUT2D eigenvalue weighted by molar-refractivity contribution is 5.14. The van der Waals surface area contributed by atoms with Crippen LogP contribution in [-0.4, -0.2) is 36.6 Å². The Balaban J connectivity index is 1.75. The van der Waals surface area contributed by atoms with Crippen LogP contribution >= 0.6 is 0 Å². The van der Waals surface area contributed by atoms with Crippen molar-refractivity contribution in [2.45, 2.75) is 38.8 Å². The normalized spacial score (nSPS) is 26.0. The summed E-state index contributed by atoms with van der Waals surface area (Å²) >= 11 is 0. The lowest BCUT2D eigenvalue weighted by Gasteiger charge is -2.38. The van der Waals surface area contributed by atoms with E-state index in [4.69, 9.17) is 0 Å². The fourth-order valence-corrected chi connectivity index (χ4v) is 2.57. The van der Waals surface area contributed by atoms with Gasteiger partial charge in [0.05, 0.1) is 0 Å². The second-order valence-corrected chi connectivity index (χ2v) is 5.11. The molecule has 0 bridgehead atoms. The van der Waals surface area contributed by atoms with Gasteiger partial charge < -0.3 is 5.32 Å². The Morgan fingerprint density at radius 1 is 1.24 bits per heavy atom. The Hall–Kier alpha value is -0.860. The van der Waals surface area contributed by atoms with Gasteiger partial charge in [-0.25, -0.2) is 0 Å². The maximum absolute atomic E-state index is 3.53. The minimum Gasteiger partial charge on any atom is -0.311 e. The number of nitrogens with zero attached hydrogens (tertiary/aromatic N) is 1. The third-order valence-corrected chi connectivity index (χ3v) is 3.92. The van der Waals surface area contributed by atoms with Crippen molar-refractivity contribution in [1.29, 1.82) is 0 Å². The topological polar surface area (TPSA) is 15.3 Å². The van der Waals surface area contributed by atoms with Crippen molar-refractivity contribution in [2.24, 2.45) is 0 Å². The molecule has 0 saturated carbocycles. The average Bonchev–Trinajstić information content (AvgIpc) is 2.36. The van der Waals surface area contributed by atoms with Gasteiger partial charge in [0.1, 0.15) is 0 Å². The van der Waals surface area contributed by atoms with E-state index in [1.54, 1.807) is 0 Å². The maximum atomic E-state index is 3.53. The zero-order chi connectivity index (χ0) is 12.1. The predicted molar refractivity (Wildman–Crippen MR) is 73.3 cm³/mol. The molecule has 0 amide bonds. The second kappa shape index (κ2) is 6.18. The van der Waals surface area contributed by atoms with Crippen LogP contribution in [0.25, 0.3) is 0 Å². The molecule has 1 aromatic carbocycles. The van der Waals surface area contributed by atoms with Gasteiger partial charge in [0.15, 0.2) is 0 Å². The largest absolute Gasteiger partial charge is 0.311 e. The van der Waals surface area contributed by atoms with Gasteiger partial charge in [-0.05, 0) is 38.8 Å². The zero-order valence-electron chi connectivity index (χ0n) is 11.0. The lowest BCUT2D eigenvalue weighted by atomic mass is 10.1. The van der Waals surface area contributed by atoms with Crippen LogP contribution in [0.3, 0.4) is 0 Å². The highest BCUT2D eigenvalue weighted by Gasteiger charge is 2.23. The van der Waals surface area contributed by atoms with E-state index in [2.05, 4.69) is 54.4 Å². The highest BCUT2D eigenvalue weighted by Crippen LogP contribution is 2.10. The first-order valence-electron chi connectivity index (χ1n) is 6.79. The Labute approximate surface area is 105 Å². The molecule has 1 aromatic rings. The summed E-state index contributed by atoms with van der Waals surface area (Å²) in [4.78, 5) is 2.62. The van der Waals surface area contributed by atoms with Crippen molar-refractivity contribution in [3.05, 3.63) is 35.9 Å². The molecular weight excluding hydrogens is 208 g/mol. The van der Waals surface area contributed by atoms with Crippen LogP contribution in [0.5, 0.6) is 0 Å². The summed E-state index contributed by atoms with van der Waals surface area (Å²) in [7, 11) is 0. The van der Waals surface area contributed by atoms with E-state index in [-0.39, 0.29) is 0 Å². The van der Waals surface area contributed by atoms with Gasteiger partial charge in [0, 0.05) is 25.2 Å². The summed E-state index contributed by atoms with van der Waals surface area (Å²) in [6, 6.07) is 12.1. The molecule has 17 heavy (non-hydrogen) atoms. The van der Waals surface area contributed by atoms with E-state index in [9.17, 15) is 0 Å². The summed E-state index contributed by atoms with van der Waals surface area (Å²) in [5.74, 6) is 0. The first-order valence-corrected chi connectivity index (χ1v) is 6.79. The molecular formula is C15H24N2. The van der Waals surface area contributed by atoms with Gasteiger partial charge in [-0.2, -0.15) is 0 Å². The fourth-order valence-electron chi connectivity index (χ4n) is 2.57. The van der Waals surface area contributed by atoms with Crippen molar-refractivity contribution >= 4 is 0 Å². The van der Waals surface area contributed by atoms with Crippen LogP contribution < -0.4 is 5.32 Å². The van der Waals surface area contributed by atoms with Crippen LogP contribution in [0.1, 0.15) is 25.8 Å². The van der Waals surface area contributed by atoms with Crippen molar-refractivity contribution in [3.8, 4) is 0 Å². The molecule has 0 aliphatic carbocycles. The van der Waals surface area contributed by atoms with Crippen LogP contribution in [-0.2, 0) is 6.42 Å². The first-order chi connectivity index (χ1) is 8.27. The van der Waals surface area contributed by atoms with Crippen LogP contribution in [0.4, 0.5) is 0 Å². The summed E-state index contributed by atoms with van der Waals surface area (Å²) in [6.07, 6.45) is 2.47. The molecule has 2 heteroatoms. The average molecular weight is 232 g/mol. The number of aryl methyl sites for hydroxylation is 1. The van der Waals surface area contributed by atoms with E-state index in [0.29, 0.717) is 12.1 Å². The van der Waals surface area contributed by atoms with Crippen LogP contribution in [0.15, 0.2) is 30.3 Å². The third-order valence-electron chi connectivity index (χ3n) is 3.92. The number of hydrogen-bond acceptors (Lipinski definition) is 2. The lowest BCUT2D eigenvalue weighted by Crippen LogP contribution is -2.55. The molecule has 2 atom stereocenters. The van der Waals surface area contributed by atoms with Crippen molar-refractivity contribution in [3.63, 3.8) is 0 Å². The minimum absolute atomic E-state index is 0.625. The van der Waals surface area contributed by atoms with E-state index in [1.807, 2.05) is 0 Å². The van der Waals surface area contributed by atoms with Gasteiger partial charge in [-0.3, -0.25) is 4.90 Å². The molecule has 1 N–H and O–H groups in total. The molecule has 0 aromatic heterocycles. The molecule has 0 radical (unpaired) electrons. The summed E-state index contributed by atoms with van der Waals surface area (Å²) < 4.78 is 0. The quantitative estimate of drug-likeness (QED) is 0.857. The number of benzene rings is 1. The SMILES string of the molecule is C[C@@H]1NCCN(CCCc2ccccc2)[C@H]1C. The molecule has 1 aliphatic heterocycles. The maximum Gasteiger partial charge on any atom is 0.0218 e. The molecule has 2 nitrogen and oxygen atoms in total. The van der Waals surface area contributed by atoms with Crippen LogP contribution in [0, 0.1) is 0 Å². The van der Waals surface area contributed by atoms with Gasteiger partial charge >= 0.3 is 0 Å². The van der Waals surface area contributed by atoms with E-state index < -0.39 is 0 Å².